The van der Waals surface area contributed by atoms with Crippen LogP contribution in [0.5, 0.6) is 0 Å². The van der Waals surface area contributed by atoms with Gasteiger partial charge in [0.1, 0.15) is 12.1 Å². The number of hydrogen-bond acceptors (Lipinski definition) is 6. The molecule has 0 saturated heterocycles. The molecule has 4 rings (SSSR count). The summed E-state index contributed by atoms with van der Waals surface area (Å²) in [5, 5.41) is 18.3. The van der Waals surface area contributed by atoms with E-state index < -0.39 is 11.9 Å². The minimum atomic E-state index is -1.07. The van der Waals surface area contributed by atoms with Crippen molar-refractivity contribution < 1.29 is 19.5 Å². The third-order valence-electron chi connectivity index (χ3n) is 5.24. The number of terminal acetylenes is 1. The van der Waals surface area contributed by atoms with Crippen molar-refractivity contribution in [2.75, 3.05) is 17.2 Å². The molecule has 0 aliphatic rings. The lowest BCUT2D eigenvalue weighted by Gasteiger charge is -2.11. The van der Waals surface area contributed by atoms with E-state index in [1.165, 1.54) is 30.6 Å². The minimum absolute atomic E-state index is 0.0479. The van der Waals surface area contributed by atoms with Crippen molar-refractivity contribution in [2.45, 2.75) is 6.42 Å². The molecule has 3 aromatic carbocycles. The maximum Gasteiger partial charge on any atom is 0.335 e. The van der Waals surface area contributed by atoms with Gasteiger partial charge in [-0.25, -0.2) is 14.8 Å². The first-order chi connectivity index (χ1) is 17.4. The number of amides is 2. The maximum absolute atomic E-state index is 12.4. The van der Waals surface area contributed by atoms with E-state index in [4.69, 9.17) is 11.5 Å². The monoisotopic (exact) mass is 479 g/mol. The summed E-state index contributed by atoms with van der Waals surface area (Å²) in [7, 11) is 0. The molecule has 0 aliphatic heterocycles. The van der Waals surface area contributed by atoms with Crippen LogP contribution in [0.4, 0.5) is 17.2 Å². The molecule has 0 fully saturated rings. The number of benzene rings is 3. The Labute approximate surface area is 206 Å². The van der Waals surface area contributed by atoms with Crippen molar-refractivity contribution in [3.05, 3.63) is 89.7 Å². The molecule has 0 saturated carbocycles. The molecule has 0 unspecified atom stereocenters. The molecule has 1 aromatic heterocycles. The van der Waals surface area contributed by atoms with E-state index >= 15 is 0 Å². The summed E-state index contributed by atoms with van der Waals surface area (Å²) in [6.07, 6.45) is 6.98. The normalized spacial score (nSPS) is 10.3. The molecule has 4 N–H and O–H groups in total. The fourth-order valence-corrected chi connectivity index (χ4v) is 3.44. The van der Waals surface area contributed by atoms with E-state index in [2.05, 4.69) is 31.8 Å². The lowest BCUT2D eigenvalue weighted by molar-refractivity contribution is -0.116. The number of carbonyl (C=O) groups excluding carboxylic acids is 2. The number of rotatable bonds is 8. The summed E-state index contributed by atoms with van der Waals surface area (Å²) in [6, 6.07) is 18.2. The first-order valence-corrected chi connectivity index (χ1v) is 10.9. The van der Waals surface area contributed by atoms with Gasteiger partial charge in [-0.1, -0.05) is 12.0 Å². The number of carboxylic acids is 1. The van der Waals surface area contributed by atoms with Gasteiger partial charge in [-0.2, -0.15) is 0 Å². The van der Waals surface area contributed by atoms with Gasteiger partial charge in [0.25, 0.3) is 5.91 Å². The maximum atomic E-state index is 12.4. The fraction of sp³-hybridized carbons (Fsp3) is 0.0741. The van der Waals surface area contributed by atoms with Gasteiger partial charge in [-0.05, 0) is 60.7 Å². The quantitative estimate of drug-likeness (QED) is 0.282. The Morgan fingerprint density at radius 3 is 2.44 bits per heavy atom. The fourth-order valence-electron chi connectivity index (χ4n) is 3.44. The Kier molecular flexibility index (Phi) is 7.17. The Hall–Kier alpha value is -5.23. The van der Waals surface area contributed by atoms with Crippen LogP contribution in [-0.2, 0) is 4.79 Å². The van der Waals surface area contributed by atoms with E-state index in [9.17, 15) is 14.4 Å². The minimum Gasteiger partial charge on any atom is -0.478 e. The van der Waals surface area contributed by atoms with E-state index in [0.29, 0.717) is 28.0 Å². The van der Waals surface area contributed by atoms with Crippen molar-refractivity contribution in [3.63, 3.8) is 0 Å². The van der Waals surface area contributed by atoms with Crippen LogP contribution in [-0.4, -0.2) is 39.4 Å². The largest absolute Gasteiger partial charge is 0.478 e. The van der Waals surface area contributed by atoms with Gasteiger partial charge in [0, 0.05) is 40.9 Å². The Morgan fingerprint density at radius 1 is 0.917 bits per heavy atom. The second-order valence-electron chi connectivity index (χ2n) is 7.74. The first kappa shape index (κ1) is 23.9. The predicted octanol–water partition coefficient (Wildman–Crippen LogP) is 3.81. The van der Waals surface area contributed by atoms with Crippen LogP contribution in [0.2, 0.25) is 0 Å². The highest BCUT2D eigenvalue weighted by atomic mass is 16.4. The smallest absolute Gasteiger partial charge is 0.335 e. The molecule has 0 atom stereocenters. The lowest BCUT2D eigenvalue weighted by atomic mass is 10.1. The summed E-state index contributed by atoms with van der Waals surface area (Å²) in [5.41, 5.74) is 3.15. The molecule has 178 valence electrons. The third-order valence-corrected chi connectivity index (χ3v) is 5.24. The molecule has 9 heteroatoms. The van der Waals surface area contributed by atoms with Gasteiger partial charge in [0.05, 0.1) is 11.1 Å². The molecule has 36 heavy (non-hydrogen) atoms. The van der Waals surface area contributed by atoms with Crippen molar-refractivity contribution in [2.24, 2.45) is 0 Å². The van der Waals surface area contributed by atoms with Crippen LogP contribution < -0.4 is 16.0 Å². The van der Waals surface area contributed by atoms with Crippen LogP contribution in [0.3, 0.4) is 0 Å². The number of aromatic nitrogens is 2. The van der Waals surface area contributed by atoms with Crippen molar-refractivity contribution in [1.29, 1.82) is 0 Å². The van der Waals surface area contributed by atoms with Gasteiger partial charge in [0.15, 0.2) is 0 Å². The third kappa shape index (κ3) is 5.81. The molecule has 4 aromatic rings. The highest BCUT2D eigenvalue weighted by Crippen LogP contribution is 2.26. The molecule has 0 bridgehead atoms. The van der Waals surface area contributed by atoms with Crippen LogP contribution in [0.1, 0.15) is 32.7 Å². The SMILES string of the molecule is C#Cc1cccc(Nc2ncnc3ccc(NC(=O)CCNC(=O)c4ccc(C(=O)O)cc4)cc23)c1. The molecule has 9 nitrogen and oxygen atoms in total. The summed E-state index contributed by atoms with van der Waals surface area (Å²) in [5.74, 6) is 1.40. The van der Waals surface area contributed by atoms with Crippen molar-refractivity contribution in [3.8, 4) is 12.3 Å². The number of aromatic carboxylic acids is 1. The second kappa shape index (κ2) is 10.8. The van der Waals surface area contributed by atoms with Crippen LogP contribution in [0.15, 0.2) is 73.1 Å². The predicted molar refractivity (Wildman–Crippen MR) is 136 cm³/mol. The Morgan fingerprint density at radius 2 is 1.69 bits per heavy atom. The van der Waals surface area contributed by atoms with E-state index in [0.717, 1.165) is 11.3 Å². The zero-order valence-corrected chi connectivity index (χ0v) is 19.0. The molecule has 2 amide bonds. The van der Waals surface area contributed by atoms with Gasteiger partial charge >= 0.3 is 5.97 Å². The van der Waals surface area contributed by atoms with E-state index in [-0.39, 0.29) is 24.4 Å². The molecule has 0 radical (unpaired) electrons. The number of carbonyl (C=O) groups is 3. The molecular weight excluding hydrogens is 458 g/mol. The molecule has 0 aliphatic carbocycles. The Balaban J connectivity index is 1.38. The van der Waals surface area contributed by atoms with Crippen molar-refractivity contribution in [1.82, 2.24) is 15.3 Å². The van der Waals surface area contributed by atoms with Crippen LogP contribution in [0, 0.1) is 12.3 Å². The van der Waals surface area contributed by atoms with Gasteiger partial charge in [-0.3, -0.25) is 9.59 Å². The summed E-state index contributed by atoms with van der Waals surface area (Å²) in [4.78, 5) is 44.2. The topological polar surface area (TPSA) is 133 Å². The zero-order chi connectivity index (χ0) is 25.5. The number of fused-ring (bicyclic) bond motifs is 1. The average Bonchev–Trinajstić information content (AvgIpc) is 2.89. The number of carboxylic acid groups (broad SMARTS) is 1. The number of nitrogens with one attached hydrogen (secondary N) is 3. The van der Waals surface area contributed by atoms with Gasteiger partial charge < -0.3 is 21.1 Å². The number of anilines is 3. The summed E-state index contributed by atoms with van der Waals surface area (Å²) < 4.78 is 0. The second-order valence-corrected chi connectivity index (χ2v) is 7.74. The van der Waals surface area contributed by atoms with E-state index in [1.807, 2.05) is 24.3 Å². The zero-order valence-electron chi connectivity index (χ0n) is 19.0. The van der Waals surface area contributed by atoms with Crippen molar-refractivity contribution >= 4 is 45.9 Å². The highest BCUT2D eigenvalue weighted by molar-refractivity contribution is 5.98. The first-order valence-electron chi connectivity index (χ1n) is 10.9. The molecular formula is C27H21N5O4. The molecule has 1 heterocycles. The van der Waals surface area contributed by atoms with Crippen LogP contribution in [0.25, 0.3) is 10.9 Å². The van der Waals surface area contributed by atoms with Crippen LogP contribution >= 0.6 is 0 Å². The Bertz CT molecular complexity index is 1490. The van der Waals surface area contributed by atoms with Gasteiger partial charge in [0.2, 0.25) is 5.91 Å². The number of hydrogen-bond donors (Lipinski definition) is 4. The average molecular weight is 479 g/mol. The summed E-state index contributed by atoms with van der Waals surface area (Å²) in [6.45, 7) is 0.111. The van der Waals surface area contributed by atoms with E-state index in [1.54, 1.807) is 18.2 Å². The number of nitrogens with zero attached hydrogens (tertiary/aromatic N) is 2. The highest BCUT2D eigenvalue weighted by Gasteiger charge is 2.10. The standard InChI is InChI=1S/C27H21N5O4/c1-2-17-4-3-5-20(14-17)32-25-22-15-21(10-11-23(22)29-16-30-25)31-24(33)12-13-28-26(34)18-6-8-19(9-7-18)27(35)36/h1,3-11,14-16H,12-13H2,(H,28,34)(H,31,33)(H,35,36)(H,29,30,32). The van der Waals surface area contributed by atoms with Gasteiger partial charge in [-0.15, -0.1) is 6.42 Å². The molecule has 0 spiro atoms. The lowest BCUT2D eigenvalue weighted by Crippen LogP contribution is -2.27. The summed E-state index contributed by atoms with van der Waals surface area (Å²) >= 11 is 0.